The lowest BCUT2D eigenvalue weighted by atomic mass is 10.2. The van der Waals surface area contributed by atoms with Gasteiger partial charge < -0.3 is 9.88 Å². The molecule has 6 nitrogen and oxygen atoms in total. The SMILES string of the molecule is Cc1csc(NC(=O)CSc2nnc(C3CC3)n2Cc2ccccc2)n1. The largest absolute Gasteiger partial charge is 0.301 e. The first-order valence-electron chi connectivity index (χ1n) is 8.51. The van der Waals surface area contributed by atoms with Gasteiger partial charge in [-0.2, -0.15) is 0 Å². The summed E-state index contributed by atoms with van der Waals surface area (Å²) in [5.74, 6) is 1.75. The second kappa shape index (κ2) is 7.59. The summed E-state index contributed by atoms with van der Waals surface area (Å²) in [6.07, 6.45) is 2.34. The molecular formula is C18H19N5OS2. The summed E-state index contributed by atoms with van der Waals surface area (Å²) < 4.78 is 2.15. The first-order chi connectivity index (χ1) is 12.7. The molecule has 3 aromatic rings. The van der Waals surface area contributed by atoms with Crippen molar-refractivity contribution in [3.8, 4) is 0 Å². The van der Waals surface area contributed by atoms with E-state index in [0.29, 0.717) is 11.0 Å². The number of rotatable bonds is 7. The van der Waals surface area contributed by atoms with Crippen molar-refractivity contribution in [2.75, 3.05) is 11.1 Å². The molecule has 1 amide bonds. The van der Waals surface area contributed by atoms with Crippen LogP contribution in [0, 0.1) is 6.92 Å². The fraction of sp³-hybridized carbons (Fsp3) is 0.333. The van der Waals surface area contributed by atoms with Crippen molar-refractivity contribution >= 4 is 34.1 Å². The summed E-state index contributed by atoms with van der Waals surface area (Å²) in [7, 11) is 0. The third-order valence-electron chi connectivity index (χ3n) is 4.07. The molecule has 1 saturated carbocycles. The van der Waals surface area contributed by atoms with Crippen LogP contribution in [0.4, 0.5) is 5.13 Å². The van der Waals surface area contributed by atoms with Crippen LogP contribution < -0.4 is 5.32 Å². The molecule has 0 radical (unpaired) electrons. The van der Waals surface area contributed by atoms with Gasteiger partial charge in [0.15, 0.2) is 10.3 Å². The van der Waals surface area contributed by atoms with Gasteiger partial charge in [-0.25, -0.2) is 4.98 Å². The molecule has 1 aliphatic carbocycles. The Morgan fingerprint density at radius 2 is 2.12 bits per heavy atom. The number of carbonyl (C=O) groups is 1. The van der Waals surface area contributed by atoms with E-state index in [2.05, 4.69) is 37.2 Å². The summed E-state index contributed by atoms with van der Waals surface area (Å²) in [5.41, 5.74) is 2.12. The van der Waals surface area contributed by atoms with Crippen LogP contribution >= 0.6 is 23.1 Å². The minimum atomic E-state index is -0.0772. The van der Waals surface area contributed by atoms with Crippen molar-refractivity contribution in [2.45, 2.75) is 37.4 Å². The highest BCUT2D eigenvalue weighted by Gasteiger charge is 2.30. The van der Waals surface area contributed by atoms with E-state index in [1.54, 1.807) is 0 Å². The summed E-state index contributed by atoms with van der Waals surface area (Å²) in [6.45, 7) is 2.64. The number of hydrogen-bond donors (Lipinski definition) is 1. The molecular weight excluding hydrogens is 366 g/mol. The summed E-state index contributed by atoms with van der Waals surface area (Å²) in [6, 6.07) is 10.3. The number of carbonyl (C=O) groups excluding carboxylic acids is 1. The van der Waals surface area contributed by atoms with E-state index in [0.717, 1.165) is 23.2 Å². The molecule has 1 N–H and O–H groups in total. The molecule has 0 aliphatic heterocycles. The Labute approximate surface area is 160 Å². The number of aryl methyl sites for hydroxylation is 1. The van der Waals surface area contributed by atoms with Crippen molar-refractivity contribution in [1.29, 1.82) is 0 Å². The topological polar surface area (TPSA) is 72.7 Å². The standard InChI is InChI=1S/C18H19N5OS2/c1-12-10-25-17(19-12)20-15(24)11-26-18-22-21-16(14-7-8-14)23(18)9-13-5-3-2-4-6-13/h2-6,10,14H,7-9,11H2,1H3,(H,19,20,24). The predicted molar refractivity (Wildman–Crippen MR) is 104 cm³/mol. The Morgan fingerprint density at radius 1 is 1.31 bits per heavy atom. The highest BCUT2D eigenvalue weighted by atomic mass is 32.2. The third kappa shape index (κ3) is 4.13. The maximum Gasteiger partial charge on any atom is 0.236 e. The first kappa shape index (κ1) is 17.2. The van der Waals surface area contributed by atoms with E-state index in [4.69, 9.17) is 0 Å². The second-order valence-electron chi connectivity index (χ2n) is 6.32. The van der Waals surface area contributed by atoms with E-state index in [1.165, 1.54) is 41.5 Å². The zero-order chi connectivity index (χ0) is 17.9. The van der Waals surface area contributed by atoms with Crippen LogP contribution in [0.1, 0.15) is 35.8 Å². The number of nitrogens with one attached hydrogen (secondary N) is 1. The minimum Gasteiger partial charge on any atom is -0.301 e. The molecule has 0 saturated heterocycles. The zero-order valence-electron chi connectivity index (χ0n) is 14.4. The molecule has 0 atom stereocenters. The lowest BCUT2D eigenvalue weighted by Gasteiger charge is -2.10. The fourth-order valence-corrected chi connectivity index (χ4v) is 4.11. The molecule has 1 aromatic carbocycles. The highest BCUT2D eigenvalue weighted by molar-refractivity contribution is 7.99. The van der Waals surface area contributed by atoms with Gasteiger partial charge in [0.1, 0.15) is 5.82 Å². The van der Waals surface area contributed by atoms with E-state index >= 15 is 0 Å². The van der Waals surface area contributed by atoms with Gasteiger partial charge >= 0.3 is 0 Å². The Hall–Kier alpha value is -2.19. The number of hydrogen-bond acceptors (Lipinski definition) is 6. The lowest BCUT2D eigenvalue weighted by Crippen LogP contribution is -2.15. The lowest BCUT2D eigenvalue weighted by molar-refractivity contribution is -0.113. The van der Waals surface area contributed by atoms with Crippen LogP contribution in [-0.2, 0) is 11.3 Å². The van der Waals surface area contributed by atoms with Crippen LogP contribution in [-0.4, -0.2) is 31.4 Å². The minimum absolute atomic E-state index is 0.0772. The van der Waals surface area contributed by atoms with E-state index < -0.39 is 0 Å². The Morgan fingerprint density at radius 3 is 2.81 bits per heavy atom. The Balaban J connectivity index is 1.45. The molecule has 2 aromatic heterocycles. The number of benzene rings is 1. The number of amides is 1. The van der Waals surface area contributed by atoms with Crippen LogP contribution in [0.15, 0.2) is 40.9 Å². The van der Waals surface area contributed by atoms with E-state index in [1.807, 2.05) is 30.5 Å². The number of anilines is 1. The molecule has 26 heavy (non-hydrogen) atoms. The van der Waals surface area contributed by atoms with Crippen molar-refractivity contribution < 1.29 is 4.79 Å². The molecule has 2 heterocycles. The van der Waals surface area contributed by atoms with Crippen molar-refractivity contribution in [3.63, 3.8) is 0 Å². The maximum atomic E-state index is 12.2. The Bertz CT molecular complexity index is 901. The van der Waals surface area contributed by atoms with Crippen LogP contribution in [0.25, 0.3) is 0 Å². The average Bonchev–Trinajstić information content (AvgIpc) is 3.29. The van der Waals surface area contributed by atoms with Crippen LogP contribution in [0.3, 0.4) is 0 Å². The normalized spacial score (nSPS) is 13.7. The second-order valence-corrected chi connectivity index (χ2v) is 8.12. The summed E-state index contributed by atoms with van der Waals surface area (Å²) >= 11 is 2.86. The number of nitrogens with zero attached hydrogens (tertiary/aromatic N) is 4. The molecule has 1 fully saturated rings. The summed E-state index contributed by atoms with van der Waals surface area (Å²) in [4.78, 5) is 16.5. The predicted octanol–water partition coefficient (Wildman–Crippen LogP) is 3.70. The van der Waals surface area contributed by atoms with E-state index in [9.17, 15) is 4.79 Å². The molecule has 0 unspecified atom stereocenters. The highest BCUT2D eigenvalue weighted by Crippen LogP contribution is 2.40. The van der Waals surface area contributed by atoms with Crippen molar-refractivity contribution in [2.24, 2.45) is 0 Å². The third-order valence-corrected chi connectivity index (χ3v) is 5.91. The molecule has 134 valence electrons. The quantitative estimate of drug-likeness (QED) is 0.628. The van der Waals surface area contributed by atoms with Gasteiger partial charge in [-0.15, -0.1) is 21.5 Å². The first-order valence-corrected chi connectivity index (χ1v) is 10.4. The average molecular weight is 386 g/mol. The van der Waals surface area contributed by atoms with Crippen molar-refractivity contribution in [1.82, 2.24) is 19.7 Å². The van der Waals surface area contributed by atoms with E-state index in [-0.39, 0.29) is 11.7 Å². The monoisotopic (exact) mass is 385 g/mol. The molecule has 0 spiro atoms. The van der Waals surface area contributed by atoms with Gasteiger partial charge in [-0.05, 0) is 25.3 Å². The number of aromatic nitrogens is 4. The summed E-state index contributed by atoms with van der Waals surface area (Å²) in [5, 5.41) is 14.9. The number of thiazole rings is 1. The molecule has 4 rings (SSSR count). The smallest absolute Gasteiger partial charge is 0.236 e. The molecule has 8 heteroatoms. The van der Waals surface area contributed by atoms with Gasteiger partial charge in [0.25, 0.3) is 0 Å². The van der Waals surface area contributed by atoms with Crippen LogP contribution in [0.5, 0.6) is 0 Å². The van der Waals surface area contributed by atoms with Crippen molar-refractivity contribution in [3.05, 3.63) is 52.8 Å². The van der Waals surface area contributed by atoms with Crippen LogP contribution in [0.2, 0.25) is 0 Å². The zero-order valence-corrected chi connectivity index (χ0v) is 16.0. The fourth-order valence-electron chi connectivity index (χ4n) is 2.66. The van der Waals surface area contributed by atoms with Gasteiger partial charge in [-0.1, -0.05) is 42.1 Å². The van der Waals surface area contributed by atoms with Gasteiger partial charge in [0.05, 0.1) is 18.0 Å². The van der Waals surface area contributed by atoms with Gasteiger partial charge in [-0.3, -0.25) is 4.79 Å². The molecule has 1 aliphatic rings. The number of thioether (sulfide) groups is 1. The van der Waals surface area contributed by atoms with Gasteiger partial charge in [0.2, 0.25) is 5.91 Å². The maximum absolute atomic E-state index is 12.2. The Kier molecular flexibility index (Phi) is 5.03. The molecule has 0 bridgehead atoms. The van der Waals surface area contributed by atoms with Gasteiger partial charge in [0, 0.05) is 11.3 Å².